The zero-order chi connectivity index (χ0) is 18.8. The van der Waals surface area contributed by atoms with Gasteiger partial charge >= 0.3 is 0 Å². The molecule has 4 aromatic rings. The first-order chi connectivity index (χ1) is 13.1. The van der Waals surface area contributed by atoms with E-state index in [-0.39, 0.29) is 0 Å². The van der Waals surface area contributed by atoms with Gasteiger partial charge < -0.3 is 21.1 Å². The molecule has 0 atom stereocenters. The van der Waals surface area contributed by atoms with E-state index in [0.29, 0.717) is 27.5 Å². The summed E-state index contributed by atoms with van der Waals surface area (Å²) in [6.07, 6.45) is 1.43. The number of methoxy groups -OCH3 is 1. The second-order valence-corrected chi connectivity index (χ2v) is 7.06. The highest BCUT2D eigenvalue weighted by molar-refractivity contribution is 7.22. The molecule has 2 aromatic carbocycles. The third kappa shape index (κ3) is 3.71. The van der Waals surface area contributed by atoms with Crippen LogP contribution in [0.4, 0.5) is 28.1 Å². The summed E-state index contributed by atoms with van der Waals surface area (Å²) < 4.78 is 6.25. The van der Waals surface area contributed by atoms with Crippen LogP contribution < -0.4 is 21.1 Å². The number of anilines is 5. The molecule has 0 aliphatic heterocycles. The van der Waals surface area contributed by atoms with Crippen LogP contribution in [0.15, 0.2) is 48.8 Å². The standard InChI is InChI=1S/C18H15ClN6OS/c1-26-12-5-6-13-14(8-12)27-18(24-13)25-17-15(20)16(21-9-22-17)23-11-4-2-3-10(19)7-11/h2-9H,20H2,1H3,(H2,21,22,23,24,25). The van der Waals surface area contributed by atoms with Crippen LogP contribution in [0.5, 0.6) is 5.75 Å². The fourth-order valence-corrected chi connectivity index (χ4v) is 3.57. The zero-order valence-corrected chi connectivity index (χ0v) is 15.8. The highest BCUT2D eigenvalue weighted by Crippen LogP contribution is 2.33. The molecule has 136 valence electrons. The van der Waals surface area contributed by atoms with E-state index in [0.717, 1.165) is 21.7 Å². The predicted molar refractivity (Wildman–Crippen MR) is 111 cm³/mol. The van der Waals surface area contributed by atoms with Gasteiger partial charge in [0.1, 0.15) is 17.8 Å². The van der Waals surface area contributed by atoms with Crippen molar-refractivity contribution in [2.45, 2.75) is 0 Å². The van der Waals surface area contributed by atoms with Gasteiger partial charge in [0.2, 0.25) is 0 Å². The van der Waals surface area contributed by atoms with Crippen LogP contribution in [-0.2, 0) is 0 Å². The summed E-state index contributed by atoms with van der Waals surface area (Å²) in [4.78, 5) is 13.0. The van der Waals surface area contributed by atoms with Crippen molar-refractivity contribution in [2.75, 3.05) is 23.5 Å². The SMILES string of the molecule is COc1ccc2nc(Nc3ncnc(Nc4cccc(Cl)c4)c3N)sc2c1. The summed E-state index contributed by atoms with van der Waals surface area (Å²) >= 11 is 7.50. The maximum absolute atomic E-state index is 6.23. The fraction of sp³-hybridized carbons (Fsp3) is 0.0556. The smallest absolute Gasteiger partial charge is 0.189 e. The summed E-state index contributed by atoms with van der Waals surface area (Å²) in [6.45, 7) is 0. The monoisotopic (exact) mass is 398 g/mol. The largest absolute Gasteiger partial charge is 0.497 e. The molecular formula is C18H15ClN6OS. The van der Waals surface area contributed by atoms with Crippen LogP contribution in [0.3, 0.4) is 0 Å². The Labute approximate surface area is 164 Å². The van der Waals surface area contributed by atoms with E-state index in [1.165, 1.54) is 17.7 Å². The number of benzene rings is 2. The Bertz CT molecular complexity index is 1120. The molecule has 4 N–H and O–H groups in total. The lowest BCUT2D eigenvalue weighted by Gasteiger charge is -2.11. The number of nitrogens with two attached hydrogens (primary N) is 1. The quantitative estimate of drug-likeness (QED) is 0.443. The number of fused-ring (bicyclic) bond motifs is 1. The van der Waals surface area contributed by atoms with Crippen molar-refractivity contribution >= 4 is 61.3 Å². The van der Waals surface area contributed by atoms with Gasteiger partial charge in [-0.1, -0.05) is 29.0 Å². The molecule has 9 heteroatoms. The Hall–Kier alpha value is -3.10. The second-order valence-electron chi connectivity index (χ2n) is 5.60. The Morgan fingerprint density at radius 2 is 1.89 bits per heavy atom. The van der Waals surface area contributed by atoms with E-state index in [9.17, 15) is 0 Å². The number of aromatic nitrogens is 3. The lowest BCUT2D eigenvalue weighted by atomic mass is 10.3. The number of rotatable bonds is 5. The van der Waals surface area contributed by atoms with Gasteiger partial charge in [-0.15, -0.1) is 0 Å². The van der Waals surface area contributed by atoms with Crippen LogP contribution in [0, 0.1) is 0 Å². The molecule has 0 bridgehead atoms. The molecule has 0 radical (unpaired) electrons. The van der Waals surface area contributed by atoms with Crippen LogP contribution in [0.1, 0.15) is 0 Å². The predicted octanol–water partition coefficient (Wildman–Crippen LogP) is 4.82. The minimum atomic E-state index is 0.384. The van der Waals surface area contributed by atoms with E-state index >= 15 is 0 Å². The molecule has 0 spiro atoms. The highest BCUT2D eigenvalue weighted by atomic mass is 35.5. The second kappa shape index (κ2) is 7.26. The average molecular weight is 399 g/mol. The molecule has 2 aromatic heterocycles. The van der Waals surface area contributed by atoms with E-state index < -0.39 is 0 Å². The van der Waals surface area contributed by atoms with Crippen LogP contribution in [-0.4, -0.2) is 22.1 Å². The molecule has 2 heterocycles. The highest BCUT2D eigenvalue weighted by Gasteiger charge is 2.12. The third-order valence-electron chi connectivity index (χ3n) is 3.79. The zero-order valence-electron chi connectivity index (χ0n) is 14.2. The number of nitrogens with zero attached hydrogens (tertiary/aromatic N) is 3. The van der Waals surface area contributed by atoms with Gasteiger partial charge in [0, 0.05) is 10.7 Å². The molecule has 7 nitrogen and oxygen atoms in total. The van der Waals surface area contributed by atoms with Gasteiger partial charge in [0.25, 0.3) is 0 Å². The van der Waals surface area contributed by atoms with Crippen molar-refractivity contribution in [3.05, 3.63) is 53.8 Å². The maximum atomic E-state index is 6.23. The number of nitrogens with one attached hydrogen (secondary N) is 2. The molecule has 4 rings (SSSR count). The van der Waals surface area contributed by atoms with Crippen molar-refractivity contribution in [3.8, 4) is 5.75 Å². The van der Waals surface area contributed by atoms with E-state index in [4.69, 9.17) is 22.1 Å². The maximum Gasteiger partial charge on any atom is 0.189 e. The van der Waals surface area contributed by atoms with E-state index in [1.54, 1.807) is 19.2 Å². The number of ether oxygens (including phenoxy) is 1. The van der Waals surface area contributed by atoms with Crippen LogP contribution in [0.25, 0.3) is 10.2 Å². The number of hydrogen-bond donors (Lipinski definition) is 3. The summed E-state index contributed by atoms with van der Waals surface area (Å²) in [5, 5.41) is 7.61. The van der Waals surface area contributed by atoms with Crippen molar-refractivity contribution < 1.29 is 4.74 Å². The normalized spacial score (nSPS) is 10.7. The van der Waals surface area contributed by atoms with E-state index in [1.807, 2.05) is 30.3 Å². The first-order valence-electron chi connectivity index (χ1n) is 7.97. The fourth-order valence-electron chi connectivity index (χ4n) is 2.48. The van der Waals surface area contributed by atoms with Gasteiger partial charge in [0.05, 0.1) is 17.3 Å². The van der Waals surface area contributed by atoms with E-state index in [2.05, 4.69) is 25.6 Å². The third-order valence-corrected chi connectivity index (χ3v) is 4.96. The molecule has 27 heavy (non-hydrogen) atoms. The Morgan fingerprint density at radius 3 is 2.67 bits per heavy atom. The Kier molecular flexibility index (Phi) is 4.66. The molecule has 0 fully saturated rings. The topological polar surface area (TPSA) is 98.0 Å². The number of hydrogen-bond acceptors (Lipinski definition) is 8. The van der Waals surface area contributed by atoms with Crippen molar-refractivity contribution in [2.24, 2.45) is 0 Å². The van der Waals surface area contributed by atoms with Crippen LogP contribution >= 0.6 is 22.9 Å². The molecule has 0 unspecified atom stereocenters. The van der Waals surface area contributed by atoms with Crippen molar-refractivity contribution in [1.29, 1.82) is 0 Å². The summed E-state index contributed by atoms with van der Waals surface area (Å²) in [7, 11) is 1.64. The molecule has 0 saturated carbocycles. The summed E-state index contributed by atoms with van der Waals surface area (Å²) in [6, 6.07) is 13.0. The summed E-state index contributed by atoms with van der Waals surface area (Å²) in [5.74, 6) is 1.74. The average Bonchev–Trinajstić information content (AvgIpc) is 3.06. The number of halogens is 1. The summed E-state index contributed by atoms with van der Waals surface area (Å²) in [5.41, 5.74) is 8.27. The molecule has 0 aliphatic carbocycles. The minimum absolute atomic E-state index is 0.384. The molecular weight excluding hydrogens is 384 g/mol. The molecule has 0 amide bonds. The van der Waals surface area contributed by atoms with Crippen molar-refractivity contribution in [1.82, 2.24) is 15.0 Å². The van der Waals surface area contributed by atoms with Gasteiger partial charge in [-0.2, -0.15) is 0 Å². The Morgan fingerprint density at radius 1 is 1.07 bits per heavy atom. The van der Waals surface area contributed by atoms with Gasteiger partial charge in [-0.3, -0.25) is 0 Å². The van der Waals surface area contributed by atoms with Crippen LogP contribution in [0.2, 0.25) is 5.02 Å². The lowest BCUT2D eigenvalue weighted by molar-refractivity contribution is 0.415. The molecule has 0 saturated heterocycles. The number of nitrogen functional groups attached to an aromatic ring is 1. The van der Waals surface area contributed by atoms with Gasteiger partial charge in [-0.25, -0.2) is 15.0 Å². The van der Waals surface area contributed by atoms with Gasteiger partial charge in [-0.05, 0) is 36.4 Å². The Balaban J connectivity index is 1.61. The van der Waals surface area contributed by atoms with Crippen molar-refractivity contribution in [3.63, 3.8) is 0 Å². The minimum Gasteiger partial charge on any atom is -0.497 e. The lowest BCUT2D eigenvalue weighted by Crippen LogP contribution is -2.05. The number of thiazole rings is 1. The first-order valence-corrected chi connectivity index (χ1v) is 9.16. The first kappa shape index (κ1) is 17.3. The van der Waals surface area contributed by atoms with Gasteiger partial charge in [0.15, 0.2) is 16.8 Å². The molecule has 0 aliphatic rings.